The average Bonchev–Trinajstić information content (AvgIpc) is 3.26. The number of benzene rings is 3. The van der Waals surface area contributed by atoms with E-state index in [-0.39, 0.29) is 18.1 Å². The quantitative estimate of drug-likeness (QED) is 0.276. The molecule has 1 heterocycles. The number of nitrogens with zero attached hydrogens (tertiary/aromatic N) is 2. The zero-order chi connectivity index (χ0) is 23.2. The van der Waals surface area contributed by atoms with Gasteiger partial charge in [0.25, 0.3) is 0 Å². The maximum absolute atomic E-state index is 11.5. The predicted molar refractivity (Wildman–Crippen MR) is 125 cm³/mol. The van der Waals surface area contributed by atoms with E-state index in [0.29, 0.717) is 23.7 Å². The van der Waals surface area contributed by atoms with Crippen LogP contribution in [-0.4, -0.2) is 23.1 Å². The van der Waals surface area contributed by atoms with Crippen molar-refractivity contribution in [3.8, 4) is 17.6 Å². The molecule has 1 N–H and O–H groups in total. The minimum Gasteiger partial charge on any atom is -0.490 e. The van der Waals surface area contributed by atoms with Crippen molar-refractivity contribution < 1.29 is 14.4 Å². The Morgan fingerprint density at radius 1 is 1.06 bits per heavy atom. The zero-order valence-electron chi connectivity index (χ0n) is 18.2. The number of para-hydroxylation sites is 1. The van der Waals surface area contributed by atoms with Gasteiger partial charge in [-0.2, -0.15) is 5.26 Å². The summed E-state index contributed by atoms with van der Waals surface area (Å²) in [5.74, 6) is 0.577. The van der Waals surface area contributed by atoms with Crippen LogP contribution in [0.2, 0.25) is 0 Å². The van der Waals surface area contributed by atoms with Crippen molar-refractivity contribution in [1.82, 2.24) is 4.98 Å². The summed E-state index contributed by atoms with van der Waals surface area (Å²) in [6, 6.07) is 22.6. The fourth-order valence-corrected chi connectivity index (χ4v) is 3.95. The molecule has 0 saturated carbocycles. The number of nitrogens with one attached hydrogen (secondary N) is 1. The topological polar surface area (TPSA) is 101 Å². The lowest BCUT2D eigenvalue weighted by atomic mass is 9.90. The van der Waals surface area contributed by atoms with Gasteiger partial charge in [0.1, 0.15) is 6.61 Å². The molecule has 1 atom stereocenters. The number of nitriles is 1. The molecule has 0 spiro atoms. The Bertz CT molecular complexity index is 1320. The highest BCUT2D eigenvalue weighted by atomic mass is 16.6. The predicted octanol–water partition coefficient (Wildman–Crippen LogP) is 5.43. The van der Waals surface area contributed by atoms with Gasteiger partial charge in [0, 0.05) is 27.6 Å². The van der Waals surface area contributed by atoms with Crippen LogP contribution < -0.4 is 9.47 Å². The number of hydrogen-bond donors (Lipinski definition) is 1. The number of aromatic nitrogens is 1. The monoisotopic (exact) mass is 441 g/mol. The number of nitro groups is 1. The van der Waals surface area contributed by atoms with Gasteiger partial charge >= 0.3 is 0 Å². The highest BCUT2D eigenvalue weighted by molar-refractivity contribution is 5.84. The zero-order valence-corrected chi connectivity index (χ0v) is 18.2. The molecule has 7 nitrogen and oxygen atoms in total. The number of ether oxygens (including phenoxy) is 2. The van der Waals surface area contributed by atoms with E-state index in [9.17, 15) is 15.4 Å². The first-order valence-corrected chi connectivity index (χ1v) is 10.7. The maximum atomic E-state index is 11.5. The fourth-order valence-electron chi connectivity index (χ4n) is 3.95. The third-order valence-electron chi connectivity index (χ3n) is 5.52. The Morgan fingerprint density at radius 2 is 1.85 bits per heavy atom. The Kier molecular flexibility index (Phi) is 6.56. The van der Waals surface area contributed by atoms with E-state index in [1.54, 1.807) is 12.1 Å². The van der Waals surface area contributed by atoms with Crippen LogP contribution in [0.4, 0.5) is 0 Å². The van der Waals surface area contributed by atoms with Gasteiger partial charge in [0.15, 0.2) is 11.5 Å². The summed E-state index contributed by atoms with van der Waals surface area (Å²) < 4.78 is 11.8. The number of H-pyrrole nitrogens is 1. The normalized spacial score (nSPS) is 11.6. The first kappa shape index (κ1) is 21.9. The molecule has 166 valence electrons. The molecule has 3 aromatic carbocycles. The molecule has 0 fully saturated rings. The van der Waals surface area contributed by atoms with Crippen molar-refractivity contribution in [2.24, 2.45) is 0 Å². The van der Waals surface area contributed by atoms with E-state index < -0.39 is 5.92 Å². The lowest BCUT2D eigenvalue weighted by molar-refractivity contribution is -0.481. The van der Waals surface area contributed by atoms with E-state index >= 15 is 0 Å². The molecule has 0 aliphatic heterocycles. The third-order valence-corrected chi connectivity index (χ3v) is 5.52. The van der Waals surface area contributed by atoms with E-state index in [4.69, 9.17) is 9.47 Å². The molecular formula is C26H23N3O4. The Hall–Kier alpha value is -4.31. The molecule has 0 radical (unpaired) electrons. The molecule has 0 saturated heterocycles. The van der Waals surface area contributed by atoms with E-state index in [1.165, 1.54) is 0 Å². The summed E-state index contributed by atoms with van der Waals surface area (Å²) in [6.45, 7) is 2.25. The first-order chi connectivity index (χ1) is 16.1. The lowest BCUT2D eigenvalue weighted by Gasteiger charge is -2.17. The molecule has 4 aromatic rings. The van der Waals surface area contributed by atoms with Crippen LogP contribution in [0.1, 0.15) is 35.1 Å². The van der Waals surface area contributed by atoms with Gasteiger partial charge in [-0.15, -0.1) is 0 Å². The fraction of sp³-hybridized carbons (Fsp3) is 0.192. The second-order valence-corrected chi connectivity index (χ2v) is 7.55. The van der Waals surface area contributed by atoms with Gasteiger partial charge < -0.3 is 14.5 Å². The molecule has 0 aliphatic carbocycles. The molecule has 0 bridgehead atoms. The molecule has 33 heavy (non-hydrogen) atoms. The lowest BCUT2D eigenvalue weighted by Crippen LogP contribution is -2.14. The molecular weight excluding hydrogens is 418 g/mol. The minimum absolute atomic E-state index is 0.212. The van der Waals surface area contributed by atoms with Crippen LogP contribution in [0, 0.1) is 21.4 Å². The molecule has 4 rings (SSSR count). The van der Waals surface area contributed by atoms with Crippen molar-refractivity contribution in [2.45, 2.75) is 19.4 Å². The molecule has 0 amide bonds. The number of rotatable bonds is 9. The standard InChI is InChI=1S/C26H23N3O4/c1-2-32-26-13-18(11-12-25(26)33-17-20-8-4-3-7-19(20)14-27)23(16-29(30)31)22-15-28-24-10-6-5-9-21(22)24/h3-13,15,23,28H,2,16-17H2,1H3/t23-/m1/s1. The SMILES string of the molecule is CCOc1cc([C@@H](C[N+](=O)[O-])c2c[nH]c3ccccc23)ccc1OCc1ccccc1C#N. The first-order valence-electron chi connectivity index (χ1n) is 10.7. The summed E-state index contributed by atoms with van der Waals surface area (Å²) in [4.78, 5) is 14.4. The maximum Gasteiger partial charge on any atom is 0.214 e. The van der Waals surface area contributed by atoms with Crippen LogP contribution in [-0.2, 0) is 6.61 Å². The van der Waals surface area contributed by atoms with Gasteiger partial charge in [-0.25, -0.2) is 0 Å². The van der Waals surface area contributed by atoms with E-state index in [1.807, 2.05) is 67.7 Å². The smallest absolute Gasteiger partial charge is 0.214 e. The molecule has 1 aromatic heterocycles. The molecule has 0 unspecified atom stereocenters. The summed E-state index contributed by atoms with van der Waals surface area (Å²) >= 11 is 0. The van der Waals surface area contributed by atoms with Gasteiger partial charge in [-0.05, 0) is 42.3 Å². The summed E-state index contributed by atoms with van der Waals surface area (Å²) in [7, 11) is 0. The Balaban J connectivity index is 1.68. The Labute approximate surface area is 191 Å². The van der Waals surface area contributed by atoms with Gasteiger partial charge in [0.2, 0.25) is 6.54 Å². The van der Waals surface area contributed by atoms with Crippen molar-refractivity contribution in [3.63, 3.8) is 0 Å². The second kappa shape index (κ2) is 9.88. The second-order valence-electron chi connectivity index (χ2n) is 7.55. The number of fused-ring (bicyclic) bond motifs is 1. The van der Waals surface area contributed by atoms with Gasteiger partial charge in [-0.1, -0.05) is 42.5 Å². The van der Waals surface area contributed by atoms with E-state index in [0.717, 1.165) is 27.6 Å². The van der Waals surface area contributed by atoms with Crippen LogP contribution in [0.5, 0.6) is 11.5 Å². The van der Waals surface area contributed by atoms with Crippen LogP contribution >= 0.6 is 0 Å². The highest BCUT2D eigenvalue weighted by Crippen LogP contribution is 2.36. The summed E-state index contributed by atoms with van der Waals surface area (Å²) in [6.07, 6.45) is 1.84. The summed E-state index contributed by atoms with van der Waals surface area (Å²) in [5, 5.41) is 21.8. The van der Waals surface area contributed by atoms with Crippen LogP contribution in [0.15, 0.2) is 72.9 Å². The number of hydrogen-bond acceptors (Lipinski definition) is 5. The molecule has 7 heteroatoms. The molecule has 0 aliphatic rings. The van der Waals surface area contributed by atoms with Crippen molar-refractivity contribution >= 4 is 10.9 Å². The Morgan fingerprint density at radius 3 is 2.64 bits per heavy atom. The number of aromatic amines is 1. The highest BCUT2D eigenvalue weighted by Gasteiger charge is 2.24. The van der Waals surface area contributed by atoms with E-state index in [2.05, 4.69) is 11.1 Å². The van der Waals surface area contributed by atoms with Crippen LogP contribution in [0.3, 0.4) is 0 Å². The van der Waals surface area contributed by atoms with Crippen molar-refractivity contribution in [1.29, 1.82) is 5.26 Å². The van der Waals surface area contributed by atoms with Gasteiger partial charge in [-0.3, -0.25) is 10.1 Å². The van der Waals surface area contributed by atoms with Crippen LogP contribution in [0.25, 0.3) is 10.9 Å². The third kappa shape index (κ3) is 4.80. The average molecular weight is 441 g/mol. The minimum atomic E-state index is -0.455. The van der Waals surface area contributed by atoms with Crippen molar-refractivity contribution in [2.75, 3.05) is 13.2 Å². The van der Waals surface area contributed by atoms with Crippen molar-refractivity contribution in [3.05, 3.63) is 105 Å². The largest absolute Gasteiger partial charge is 0.490 e. The summed E-state index contributed by atoms with van der Waals surface area (Å²) in [5.41, 5.74) is 3.89. The van der Waals surface area contributed by atoms with Gasteiger partial charge in [0.05, 0.1) is 24.2 Å².